The molecule has 8 nitrogen and oxygen atoms in total. The maximum absolute atomic E-state index is 11.8. The number of hydrogen-bond acceptors (Lipinski definition) is 7. The lowest BCUT2D eigenvalue weighted by Crippen LogP contribution is -2.38. The van der Waals surface area contributed by atoms with Gasteiger partial charge in [-0.15, -0.1) is 0 Å². The van der Waals surface area contributed by atoms with E-state index < -0.39 is 28.5 Å². The van der Waals surface area contributed by atoms with E-state index in [0.29, 0.717) is 0 Å². The molecule has 1 aromatic rings. The summed E-state index contributed by atoms with van der Waals surface area (Å²) >= 11 is 3.09. The minimum Gasteiger partial charge on any atom is -0.459 e. The molecule has 10 heteroatoms. The maximum Gasteiger partial charge on any atom is 0.423 e. The SMILES string of the molecule is CC(C)=CC(=O)OCC(CBr)OC(=O)NS(=O)(=O)Oc1ccc(C)cc1. The molecule has 144 valence electrons. The fourth-order valence-electron chi connectivity index (χ4n) is 1.58. The highest BCUT2D eigenvalue weighted by Gasteiger charge is 2.21. The van der Waals surface area contributed by atoms with E-state index in [-0.39, 0.29) is 17.7 Å². The Labute approximate surface area is 160 Å². The number of carbonyl (C=O) groups is 2. The molecule has 0 aliphatic rings. The summed E-state index contributed by atoms with van der Waals surface area (Å²) in [6.07, 6.45) is -0.843. The molecule has 1 atom stereocenters. The summed E-state index contributed by atoms with van der Waals surface area (Å²) in [6.45, 7) is 5.05. The van der Waals surface area contributed by atoms with Crippen molar-refractivity contribution in [3.05, 3.63) is 41.5 Å². The molecule has 0 saturated heterocycles. The minimum atomic E-state index is -4.40. The normalized spacial score (nSPS) is 11.8. The molecule has 1 rings (SSSR count). The Hall–Kier alpha value is -2.07. The van der Waals surface area contributed by atoms with E-state index in [4.69, 9.17) is 13.7 Å². The van der Waals surface area contributed by atoms with Gasteiger partial charge in [0, 0.05) is 11.4 Å². The lowest BCUT2D eigenvalue weighted by atomic mass is 10.2. The number of benzene rings is 1. The van der Waals surface area contributed by atoms with Gasteiger partial charge in [-0.3, -0.25) is 0 Å². The summed E-state index contributed by atoms with van der Waals surface area (Å²) in [6, 6.07) is 6.21. The van der Waals surface area contributed by atoms with Crippen molar-refractivity contribution in [3.63, 3.8) is 0 Å². The van der Waals surface area contributed by atoms with Crippen LogP contribution in [-0.2, 0) is 24.6 Å². The Balaban J connectivity index is 2.55. The molecule has 0 radical (unpaired) electrons. The highest BCUT2D eigenvalue weighted by molar-refractivity contribution is 9.09. The number of aryl methyl sites for hydroxylation is 1. The van der Waals surface area contributed by atoms with Gasteiger partial charge in [0.1, 0.15) is 18.5 Å². The van der Waals surface area contributed by atoms with Gasteiger partial charge in [0.25, 0.3) is 0 Å². The fraction of sp³-hybridized carbons (Fsp3) is 0.375. The number of esters is 1. The van der Waals surface area contributed by atoms with Gasteiger partial charge in [0.2, 0.25) is 0 Å². The van der Waals surface area contributed by atoms with Gasteiger partial charge in [0.05, 0.1) is 0 Å². The zero-order valence-corrected chi connectivity index (χ0v) is 16.9. The number of rotatable bonds is 8. The first kappa shape index (κ1) is 22.0. The topological polar surface area (TPSA) is 108 Å². The molecular weight excluding hydrogens is 430 g/mol. The van der Waals surface area contributed by atoms with Crippen molar-refractivity contribution in [2.75, 3.05) is 11.9 Å². The highest BCUT2D eigenvalue weighted by atomic mass is 79.9. The van der Waals surface area contributed by atoms with Crippen LogP contribution in [0, 0.1) is 6.92 Å². The quantitative estimate of drug-likeness (QED) is 0.369. The van der Waals surface area contributed by atoms with Crippen LogP contribution in [0.3, 0.4) is 0 Å². The summed E-state index contributed by atoms with van der Waals surface area (Å²) in [7, 11) is -4.40. The van der Waals surface area contributed by atoms with E-state index in [1.807, 2.05) is 6.92 Å². The first-order valence-corrected chi connectivity index (χ1v) is 10.0. The first-order valence-electron chi connectivity index (χ1n) is 7.48. The molecule has 0 aliphatic heterocycles. The minimum absolute atomic E-state index is 0.0450. The molecular formula is C16H20BrNO7S. The number of amides is 1. The molecule has 0 spiro atoms. The van der Waals surface area contributed by atoms with Crippen molar-refractivity contribution in [2.24, 2.45) is 0 Å². The molecule has 1 aromatic carbocycles. The molecule has 0 aromatic heterocycles. The monoisotopic (exact) mass is 449 g/mol. The Morgan fingerprint density at radius 3 is 2.38 bits per heavy atom. The lowest BCUT2D eigenvalue weighted by molar-refractivity contribution is -0.140. The van der Waals surface area contributed by atoms with Crippen molar-refractivity contribution < 1.29 is 31.7 Å². The van der Waals surface area contributed by atoms with E-state index >= 15 is 0 Å². The zero-order chi connectivity index (χ0) is 19.7. The van der Waals surface area contributed by atoms with Gasteiger partial charge in [0.15, 0.2) is 0 Å². The maximum atomic E-state index is 11.8. The number of ether oxygens (including phenoxy) is 2. The Kier molecular flexibility index (Phi) is 8.59. The van der Waals surface area contributed by atoms with Crippen LogP contribution in [0.2, 0.25) is 0 Å². The van der Waals surface area contributed by atoms with Crippen LogP contribution in [0.25, 0.3) is 0 Å². The average Bonchev–Trinajstić information content (AvgIpc) is 2.52. The van der Waals surface area contributed by atoms with Crippen LogP contribution in [-0.4, -0.2) is 38.5 Å². The van der Waals surface area contributed by atoms with Gasteiger partial charge < -0.3 is 13.7 Å². The van der Waals surface area contributed by atoms with Crippen LogP contribution in [0.5, 0.6) is 5.75 Å². The van der Waals surface area contributed by atoms with Crippen LogP contribution < -0.4 is 8.91 Å². The standard InChI is InChI=1S/C16H20BrNO7S/c1-11(2)8-15(19)23-10-14(9-17)24-16(20)18-26(21,22)25-13-6-4-12(3)5-7-13/h4-8,14H,9-10H2,1-3H3,(H,18,20). The van der Waals surface area contributed by atoms with Crippen molar-refractivity contribution in [2.45, 2.75) is 26.9 Å². The van der Waals surface area contributed by atoms with E-state index in [9.17, 15) is 18.0 Å². The van der Waals surface area contributed by atoms with Gasteiger partial charge in [-0.25, -0.2) is 9.59 Å². The van der Waals surface area contributed by atoms with E-state index in [0.717, 1.165) is 11.1 Å². The van der Waals surface area contributed by atoms with E-state index in [2.05, 4.69) is 15.9 Å². The highest BCUT2D eigenvalue weighted by Crippen LogP contribution is 2.13. The molecule has 0 fully saturated rings. The summed E-state index contributed by atoms with van der Waals surface area (Å²) < 4.78 is 39.8. The molecule has 0 bridgehead atoms. The van der Waals surface area contributed by atoms with Gasteiger partial charge in [-0.2, -0.15) is 13.1 Å². The number of hydrogen-bond donors (Lipinski definition) is 1. The van der Waals surface area contributed by atoms with Crippen molar-refractivity contribution in [1.82, 2.24) is 4.72 Å². The van der Waals surface area contributed by atoms with Crippen molar-refractivity contribution in [1.29, 1.82) is 0 Å². The van der Waals surface area contributed by atoms with Crippen molar-refractivity contribution in [3.8, 4) is 5.75 Å². The van der Waals surface area contributed by atoms with Gasteiger partial charge >= 0.3 is 22.4 Å². The Morgan fingerprint density at radius 2 is 1.85 bits per heavy atom. The third-order valence-electron chi connectivity index (χ3n) is 2.70. The van der Waals surface area contributed by atoms with E-state index in [1.165, 1.54) is 18.2 Å². The van der Waals surface area contributed by atoms with Crippen LogP contribution >= 0.6 is 15.9 Å². The summed E-state index contributed by atoms with van der Waals surface area (Å²) in [5.74, 6) is -0.543. The largest absolute Gasteiger partial charge is 0.459 e. The number of allylic oxidation sites excluding steroid dienone is 1. The number of alkyl halides is 1. The molecule has 0 saturated carbocycles. The number of halogens is 1. The summed E-state index contributed by atoms with van der Waals surface area (Å²) in [5.41, 5.74) is 1.67. The van der Waals surface area contributed by atoms with Crippen molar-refractivity contribution >= 4 is 38.3 Å². The smallest absolute Gasteiger partial charge is 0.423 e. The predicted molar refractivity (Wildman–Crippen MR) is 98.3 cm³/mol. The van der Waals surface area contributed by atoms with E-state index in [1.54, 1.807) is 30.7 Å². The number of nitrogens with one attached hydrogen (secondary N) is 1. The first-order chi connectivity index (χ1) is 12.1. The zero-order valence-electron chi connectivity index (χ0n) is 14.5. The second kappa shape index (κ2) is 10.2. The number of carbonyl (C=O) groups excluding carboxylic acids is 2. The summed E-state index contributed by atoms with van der Waals surface area (Å²) in [5, 5.41) is 0.140. The second-order valence-electron chi connectivity index (χ2n) is 5.49. The third kappa shape index (κ3) is 8.86. The Bertz CT molecular complexity index is 755. The fourth-order valence-corrected chi connectivity index (χ4v) is 2.56. The van der Waals surface area contributed by atoms with Crippen LogP contribution in [0.15, 0.2) is 35.9 Å². The average molecular weight is 450 g/mol. The molecule has 26 heavy (non-hydrogen) atoms. The molecule has 1 unspecified atom stereocenters. The van der Waals surface area contributed by atoms with Crippen LogP contribution in [0.4, 0.5) is 4.79 Å². The summed E-state index contributed by atoms with van der Waals surface area (Å²) in [4.78, 5) is 23.2. The van der Waals surface area contributed by atoms with Gasteiger partial charge in [-0.1, -0.05) is 39.2 Å². The predicted octanol–water partition coefficient (Wildman–Crippen LogP) is 2.62. The third-order valence-corrected chi connectivity index (χ3v) is 4.25. The van der Waals surface area contributed by atoms with Crippen LogP contribution in [0.1, 0.15) is 19.4 Å². The lowest BCUT2D eigenvalue weighted by Gasteiger charge is -2.15. The molecule has 1 amide bonds. The molecule has 0 aliphatic carbocycles. The molecule has 1 N–H and O–H groups in total. The Morgan fingerprint density at radius 1 is 1.23 bits per heavy atom. The van der Waals surface area contributed by atoms with Gasteiger partial charge in [-0.05, 0) is 32.9 Å². The molecule has 0 heterocycles. The second-order valence-corrected chi connectivity index (χ2v) is 7.41.